The van der Waals surface area contributed by atoms with E-state index in [0.717, 1.165) is 29.1 Å². The number of nitrogens with zero attached hydrogens (tertiary/aromatic N) is 3. The molecule has 0 spiro atoms. The third-order valence-electron chi connectivity index (χ3n) is 7.18. The Morgan fingerprint density at radius 3 is 2.64 bits per heavy atom. The van der Waals surface area contributed by atoms with Crippen LogP contribution in [0.1, 0.15) is 53.2 Å². The van der Waals surface area contributed by atoms with Crippen molar-refractivity contribution in [2.24, 2.45) is 5.92 Å². The summed E-state index contributed by atoms with van der Waals surface area (Å²) >= 11 is 0. The van der Waals surface area contributed by atoms with Crippen molar-refractivity contribution in [1.29, 1.82) is 0 Å². The summed E-state index contributed by atoms with van der Waals surface area (Å²) in [7, 11) is 1.65. The van der Waals surface area contributed by atoms with Crippen molar-refractivity contribution in [2.45, 2.75) is 45.4 Å². The first-order valence-corrected chi connectivity index (χ1v) is 12.5. The number of aryl methyl sites for hydroxylation is 1. The molecule has 1 atom stereocenters. The van der Waals surface area contributed by atoms with Crippen LogP contribution in [0.3, 0.4) is 0 Å². The molecule has 1 N–H and O–H groups in total. The van der Waals surface area contributed by atoms with E-state index in [1.54, 1.807) is 18.3 Å². The number of hydrogen-bond donors (Lipinski definition) is 1. The van der Waals surface area contributed by atoms with Gasteiger partial charge in [-0.05, 0) is 54.7 Å². The number of aromatic nitrogens is 2. The normalized spacial score (nSPS) is 17.9. The number of methoxy groups -OCH3 is 1. The second-order valence-corrected chi connectivity index (χ2v) is 9.37. The highest BCUT2D eigenvalue weighted by molar-refractivity contribution is 5.95. The molecule has 1 saturated heterocycles. The lowest BCUT2D eigenvalue weighted by Crippen LogP contribution is -2.42. The van der Waals surface area contributed by atoms with E-state index in [-0.39, 0.29) is 23.8 Å². The molecule has 5 rings (SSSR count). The van der Waals surface area contributed by atoms with Gasteiger partial charge in [0.25, 0.3) is 5.91 Å². The van der Waals surface area contributed by atoms with E-state index in [1.807, 2.05) is 47.0 Å². The number of amides is 2. The first kappa shape index (κ1) is 24.1. The highest BCUT2D eigenvalue weighted by atomic mass is 16.5. The summed E-state index contributed by atoms with van der Waals surface area (Å²) in [5.41, 5.74) is 4.33. The number of piperidine rings is 1. The maximum absolute atomic E-state index is 13.3. The molecule has 1 fully saturated rings. The summed E-state index contributed by atoms with van der Waals surface area (Å²) in [5, 5.41) is 3.04. The minimum Gasteiger partial charge on any atom is -0.497 e. The Labute approximate surface area is 211 Å². The van der Waals surface area contributed by atoms with Crippen LogP contribution >= 0.6 is 0 Å². The molecule has 8 heteroatoms. The first-order chi connectivity index (χ1) is 17.6. The zero-order valence-electron chi connectivity index (χ0n) is 20.8. The van der Waals surface area contributed by atoms with Gasteiger partial charge in [0.05, 0.1) is 32.3 Å². The Morgan fingerprint density at radius 1 is 1.14 bits per heavy atom. The number of carbonyl (C=O) groups is 2. The summed E-state index contributed by atoms with van der Waals surface area (Å²) in [6.45, 7) is 4.09. The molecule has 0 bridgehead atoms. The fraction of sp³-hybridized carbons (Fsp3) is 0.393. The number of rotatable bonds is 6. The van der Waals surface area contributed by atoms with Crippen LogP contribution in [0.2, 0.25) is 0 Å². The number of ether oxygens (including phenoxy) is 2. The Kier molecular flexibility index (Phi) is 7.04. The standard InChI is InChI=1S/C28H32N4O4/c1-3-19-5-4-6-22(15-19)30-27(33)21-11-13-31(14-12-21)28(34)26-24-17-36-25(16-32(24)18-29-26)20-7-9-23(35-2)10-8-20/h4-10,15,18,21,25H,3,11-14,16-17H2,1-2H3,(H,30,33). The molecule has 0 saturated carbocycles. The molecule has 36 heavy (non-hydrogen) atoms. The highest BCUT2D eigenvalue weighted by Gasteiger charge is 2.32. The van der Waals surface area contributed by atoms with E-state index in [4.69, 9.17) is 9.47 Å². The molecule has 3 heterocycles. The number of imidazole rings is 1. The molecule has 188 valence electrons. The van der Waals surface area contributed by atoms with Crippen LogP contribution in [-0.4, -0.2) is 46.5 Å². The lowest BCUT2D eigenvalue weighted by atomic mass is 9.95. The van der Waals surface area contributed by atoms with E-state index in [9.17, 15) is 9.59 Å². The van der Waals surface area contributed by atoms with E-state index in [0.29, 0.717) is 44.8 Å². The molecule has 0 radical (unpaired) electrons. The van der Waals surface area contributed by atoms with Crippen molar-refractivity contribution < 1.29 is 19.1 Å². The van der Waals surface area contributed by atoms with Gasteiger partial charge in [0.15, 0.2) is 5.69 Å². The quantitative estimate of drug-likeness (QED) is 0.562. The largest absolute Gasteiger partial charge is 0.497 e. The number of likely N-dealkylation sites (tertiary alicyclic amines) is 1. The number of hydrogen-bond acceptors (Lipinski definition) is 5. The van der Waals surface area contributed by atoms with Crippen LogP contribution in [0, 0.1) is 5.92 Å². The average molecular weight is 489 g/mol. The van der Waals surface area contributed by atoms with Crippen molar-refractivity contribution in [3.05, 3.63) is 77.4 Å². The maximum Gasteiger partial charge on any atom is 0.274 e. The summed E-state index contributed by atoms with van der Waals surface area (Å²) in [6, 6.07) is 15.8. The van der Waals surface area contributed by atoms with Gasteiger partial charge in [-0.15, -0.1) is 0 Å². The molecule has 1 aromatic heterocycles. The van der Waals surface area contributed by atoms with Crippen LogP contribution in [0.4, 0.5) is 5.69 Å². The lowest BCUT2D eigenvalue weighted by molar-refractivity contribution is -0.121. The van der Waals surface area contributed by atoms with Gasteiger partial charge in [-0.25, -0.2) is 4.98 Å². The highest BCUT2D eigenvalue weighted by Crippen LogP contribution is 2.30. The number of anilines is 1. The molecule has 2 amide bonds. The number of fused-ring (bicyclic) bond motifs is 1. The van der Waals surface area contributed by atoms with Crippen LogP contribution in [0.5, 0.6) is 5.75 Å². The predicted octanol–water partition coefficient (Wildman–Crippen LogP) is 4.22. The molecule has 3 aromatic rings. The van der Waals surface area contributed by atoms with E-state index in [1.165, 1.54) is 5.56 Å². The van der Waals surface area contributed by atoms with E-state index < -0.39 is 0 Å². The van der Waals surface area contributed by atoms with Crippen molar-refractivity contribution in [1.82, 2.24) is 14.5 Å². The molecule has 2 aliphatic heterocycles. The summed E-state index contributed by atoms with van der Waals surface area (Å²) in [5.74, 6) is 0.624. The van der Waals surface area contributed by atoms with E-state index >= 15 is 0 Å². The van der Waals surface area contributed by atoms with Gasteiger partial charge in [-0.2, -0.15) is 0 Å². The number of benzene rings is 2. The minimum absolute atomic E-state index is 0.0210. The smallest absolute Gasteiger partial charge is 0.274 e. The van der Waals surface area contributed by atoms with Crippen LogP contribution in [-0.2, 0) is 29.1 Å². The zero-order chi connectivity index (χ0) is 25.1. The molecular formula is C28H32N4O4. The Hall–Kier alpha value is -3.65. The summed E-state index contributed by atoms with van der Waals surface area (Å²) in [4.78, 5) is 32.3. The summed E-state index contributed by atoms with van der Waals surface area (Å²) in [6.07, 6.45) is 3.82. The fourth-order valence-electron chi connectivity index (χ4n) is 4.93. The van der Waals surface area contributed by atoms with Crippen LogP contribution in [0.25, 0.3) is 0 Å². The van der Waals surface area contributed by atoms with Gasteiger partial charge >= 0.3 is 0 Å². The van der Waals surface area contributed by atoms with Gasteiger partial charge in [0, 0.05) is 24.7 Å². The van der Waals surface area contributed by atoms with Crippen molar-refractivity contribution in [2.75, 3.05) is 25.5 Å². The number of carbonyl (C=O) groups excluding carboxylic acids is 2. The lowest BCUT2D eigenvalue weighted by Gasteiger charge is -2.31. The SMILES string of the molecule is CCc1cccc(NC(=O)C2CCN(C(=O)c3ncn4c3COC(c3ccc(OC)cc3)C4)CC2)c1. The van der Waals surface area contributed by atoms with Crippen molar-refractivity contribution in [3.8, 4) is 5.75 Å². The Morgan fingerprint density at radius 2 is 1.92 bits per heavy atom. The Balaban J connectivity index is 1.18. The van der Waals surface area contributed by atoms with Crippen molar-refractivity contribution >= 4 is 17.5 Å². The monoisotopic (exact) mass is 488 g/mol. The second-order valence-electron chi connectivity index (χ2n) is 9.37. The zero-order valence-corrected chi connectivity index (χ0v) is 20.8. The second kappa shape index (κ2) is 10.5. The van der Waals surface area contributed by atoms with E-state index in [2.05, 4.69) is 23.3 Å². The van der Waals surface area contributed by atoms with Gasteiger partial charge in [0.2, 0.25) is 5.91 Å². The van der Waals surface area contributed by atoms with Crippen LogP contribution in [0.15, 0.2) is 54.9 Å². The molecule has 2 aromatic carbocycles. The summed E-state index contributed by atoms with van der Waals surface area (Å²) < 4.78 is 13.3. The maximum atomic E-state index is 13.3. The average Bonchev–Trinajstić information content (AvgIpc) is 3.36. The molecule has 2 aliphatic rings. The van der Waals surface area contributed by atoms with Gasteiger partial charge in [-0.3, -0.25) is 9.59 Å². The third-order valence-corrected chi connectivity index (χ3v) is 7.18. The topological polar surface area (TPSA) is 85.7 Å². The predicted molar refractivity (Wildman–Crippen MR) is 136 cm³/mol. The van der Waals surface area contributed by atoms with Gasteiger partial charge in [-0.1, -0.05) is 31.2 Å². The Bertz CT molecular complexity index is 1230. The van der Waals surface area contributed by atoms with Crippen LogP contribution < -0.4 is 10.1 Å². The first-order valence-electron chi connectivity index (χ1n) is 12.5. The minimum atomic E-state index is -0.108. The number of nitrogens with one attached hydrogen (secondary N) is 1. The molecule has 0 aliphatic carbocycles. The molecular weight excluding hydrogens is 456 g/mol. The van der Waals surface area contributed by atoms with Gasteiger partial charge in [0.1, 0.15) is 11.9 Å². The molecule has 8 nitrogen and oxygen atoms in total. The van der Waals surface area contributed by atoms with Crippen molar-refractivity contribution in [3.63, 3.8) is 0 Å². The third kappa shape index (κ3) is 4.99. The van der Waals surface area contributed by atoms with Gasteiger partial charge < -0.3 is 24.3 Å². The fourth-order valence-corrected chi connectivity index (χ4v) is 4.93. The molecule has 1 unspecified atom stereocenters.